The molecule has 0 spiro atoms. The first-order valence-corrected chi connectivity index (χ1v) is 5.57. The van der Waals surface area contributed by atoms with Crippen LogP contribution in [0.2, 0.25) is 0 Å². The summed E-state index contributed by atoms with van der Waals surface area (Å²) in [6.45, 7) is -0.343. The van der Waals surface area contributed by atoms with Crippen molar-refractivity contribution in [3.05, 3.63) is 28.8 Å². The Hall–Kier alpha value is -2.59. The molecule has 0 unspecified atom stereocenters. The van der Waals surface area contributed by atoms with Crippen molar-refractivity contribution in [2.24, 2.45) is 0 Å². The third-order valence-corrected chi connectivity index (χ3v) is 2.40. The molecule has 0 aliphatic carbocycles. The number of methoxy groups -OCH3 is 2. The van der Waals surface area contributed by atoms with E-state index in [4.69, 9.17) is 15.1 Å². The molecule has 0 bridgehead atoms. The molecule has 0 aliphatic rings. The van der Waals surface area contributed by atoms with Gasteiger partial charge in [-0.25, -0.2) is 9.59 Å². The standard InChI is InChI=1S/C13H13NO6/c1-18-12(16)9-6-11(20-4-3-15)10(13(17)19-2)5-8(9)7-14/h5-6,15H,3-4H2,1-2H3. The van der Waals surface area contributed by atoms with Gasteiger partial charge in [0.05, 0.1) is 32.0 Å². The molecule has 1 N–H and O–H groups in total. The van der Waals surface area contributed by atoms with Gasteiger partial charge in [0.1, 0.15) is 24.0 Å². The number of hydrogen-bond donors (Lipinski definition) is 1. The number of esters is 2. The average molecular weight is 279 g/mol. The second-order valence-electron chi connectivity index (χ2n) is 3.56. The van der Waals surface area contributed by atoms with E-state index < -0.39 is 11.9 Å². The molecule has 0 radical (unpaired) electrons. The SMILES string of the molecule is COC(=O)c1cc(OCCO)c(C(=O)OC)cc1C#N. The van der Waals surface area contributed by atoms with Crippen molar-refractivity contribution >= 4 is 11.9 Å². The summed E-state index contributed by atoms with van der Waals surface area (Å²) in [5.41, 5.74) is -0.0747. The molecule has 0 saturated heterocycles. The molecule has 0 atom stereocenters. The Morgan fingerprint density at radius 1 is 1.20 bits per heavy atom. The van der Waals surface area contributed by atoms with Crippen molar-refractivity contribution in [2.45, 2.75) is 0 Å². The Balaban J connectivity index is 3.40. The molecular weight excluding hydrogens is 266 g/mol. The smallest absolute Gasteiger partial charge is 0.341 e. The van der Waals surface area contributed by atoms with E-state index >= 15 is 0 Å². The van der Waals surface area contributed by atoms with Gasteiger partial charge in [-0.3, -0.25) is 0 Å². The number of benzene rings is 1. The summed E-state index contributed by atoms with van der Waals surface area (Å²) >= 11 is 0. The van der Waals surface area contributed by atoms with Crippen LogP contribution < -0.4 is 4.74 Å². The highest BCUT2D eigenvalue weighted by atomic mass is 16.5. The van der Waals surface area contributed by atoms with Gasteiger partial charge in [0.2, 0.25) is 0 Å². The minimum atomic E-state index is -0.730. The second-order valence-corrected chi connectivity index (χ2v) is 3.56. The number of ether oxygens (including phenoxy) is 3. The van der Waals surface area contributed by atoms with Gasteiger partial charge in [-0.2, -0.15) is 5.26 Å². The molecule has 0 aromatic heterocycles. The summed E-state index contributed by atoms with van der Waals surface area (Å²) in [5, 5.41) is 17.8. The number of rotatable bonds is 5. The van der Waals surface area contributed by atoms with Gasteiger partial charge in [0.15, 0.2) is 0 Å². The molecular formula is C13H13NO6. The maximum absolute atomic E-state index is 11.6. The molecule has 1 aromatic rings. The van der Waals surface area contributed by atoms with Gasteiger partial charge >= 0.3 is 11.9 Å². The third-order valence-electron chi connectivity index (χ3n) is 2.40. The van der Waals surface area contributed by atoms with Crippen molar-refractivity contribution in [3.63, 3.8) is 0 Å². The molecule has 0 fully saturated rings. The predicted octanol–water partition coefficient (Wildman–Crippen LogP) is 0.503. The summed E-state index contributed by atoms with van der Waals surface area (Å²) in [5.74, 6) is -1.41. The number of aliphatic hydroxyl groups is 1. The summed E-state index contributed by atoms with van der Waals surface area (Å²) in [7, 11) is 2.35. The van der Waals surface area contributed by atoms with Crippen LogP contribution in [-0.2, 0) is 9.47 Å². The number of carbonyl (C=O) groups excluding carboxylic acids is 2. The molecule has 0 saturated carbocycles. The third kappa shape index (κ3) is 3.24. The molecule has 7 nitrogen and oxygen atoms in total. The lowest BCUT2D eigenvalue weighted by atomic mass is 10.0. The van der Waals surface area contributed by atoms with Crippen molar-refractivity contribution in [3.8, 4) is 11.8 Å². The molecule has 1 aromatic carbocycles. The number of aliphatic hydroxyl groups excluding tert-OH is 1. The fraction of sp³-hybridized carbons (Fsp3) is 0.308. The highest BCUT2D eigenvalue weighted by Gasteiger charge is 2.21. The van der Waals surface area contributed by atoms with E-state index in [0.717, 1.165) is 0 Å². The fourth-order valence-electron chi connectivity index (χ4n) is 1.50. The van der Waals surface area contributed by atoms with E-state index in [9.17, 15) is 9.59 Å². The van der Waals surface area contributed by atoms with Crippen molar-refractivity contribution in [2.75, 3.05) is 27.4 Å². The lowest BCUT2D eigenvalue weighted by Crippen LogP contribution is -2.12. The molecule has 1 rings (SSSR count). The van der Waals surface area contributed by atoms with Crippen LogP contribution in [0.1, 0.15) is 26.3 Å². The number of carbonyl (C=O) groups is 2. The highest BCUT2D eigenvalue weighted by Crippen LogP contribution is 2.25. The number of nitriles is 1. The van der Waals surface area contributed by atoms with E-state index in [1.165, 1.54) is 26.4 Å². The van der Waals surface area contributed by atoms with E-state index in [1.54, 1.807) is 6.07 Å². The van der Waals surface area contributed by atoms with E-state index in [1.807, 2.05) is 0 Å². The zero-order valence-corrected chi connectivity index (χ0v) is 11.0. The Morgan fingerprint density at radius 2 is 1.80 bits per heavy atom. The monoisotopic (exact) mass is 279 g/mol. The van der Waals surface area contributed by atoms with Crippen molar-refractivity contribution in [1.29, 1.82) is 5.26 Å². The molecule has 106 valence electrons. The van der Waals surface area contributed by atoms with Gasteiger partial charge in [-0.1, -0.05) is 0 Å². The quantitative estimate of drug-likeness (QED) is 0.782. The zero-order chi connectivity index (χ0) is 15.1. The van der Waals surface area contributed by atoms with Crippen LogP contribution in [0.25, 0.3) is 0 Å². The fourth-order valence-corrected chi connectivity index (χ4v) is 1.50. The summed E-state index contributed by atoms with van der Waals surface area (Å²) in [6, 6.07) is 4.20. The Labute approximate surface area is 115 Å². The normalized spacial score (nSPS) is 9.50. The summed E-state index contributed by atoms with van der Waals surface area (Å²) < 4.78 is 14.3. The minimum Gasteiger partial charge on any atom is -0.490 e. The van der Waals surface area contributed by atoms with Crippen LogP contribution >= 0.6 is 0 Å². The van der Waals surface area contributed by atoms with Crippen LogP contribution in [-0.4, -0.2) is 44.5 Å². The van der Waals surface area contributed by atoms with Crippen LogP contribution in [0.5, 0.6) is 5.75 Å². The highest BCUT2D eigenvalue weighted by molar-refractivity contribution is 5.98. The van der Waals surface area contributed by atoms with Gasteiger partial charge in [-0.15, -0.1) is 0 Å². The van der Waals surface area contributed by atoms with Gasteiger partial charge in [-0.05, 0) is 12.1 Å². The number of hydrogen-bond acceptors (Lipinski definition) is 7. The van der Waals surface area contributed by atoms with E-state index in [-0.39, 0.29) is 35.7 Å². The van der Waals surface area contributed by atoms with Gasteiger partial charge < -0.3 is 19.3 Å². The van der Waals surface area contributed by atoms with E-state index in [2.05, 4.69) is 9.47 Å². The van der Waals surface area contributed by atoms with Gasteiger partial charge in [0.25, 0.3) is 0 Å². The molecule has 0 heterocycles. The van der Waals surface area contributed by atoms with Crippen LogP contribution in [0.3, 0.4) is 0 Å². The molecule has 0 aliphatic heterocycles. The summed E-state index contributed by atoms with van der Waals surface area (Å²) in [6.07, 6.45) is 0. The molecule has 20 heavy (non-hydrogen) atoms. The van der Waals surface area contributed by atoms with E-state index in [0.29, 0.717) is 0 Å². The van der Waals surface area contributed by atoms with Crippen LogP contribution in [0, 0.1) is 11.3 Å². The first-order chi connectivity index (χ1) is 9.58. The largest absolute Gasteiger partial charge is 0.490 e. The second kappa shape index (κ2) is 7.11. The van der Waals surface area contributed by atoms with Crippen molar-refractivity contribution < 1.29 is 28.9 Å². The predicted molar refractivity (Wildman–Crippen MR) is 66.4 cm³/mol. The zero-order valence-electron chi connectivity index (χ0n) is 11.0. The maximum Gasteiger partial charge on any atom is 0.341 e. The van der Waals surface area contributed by atoms with Gasteiger partial charge in [0, 0.05) is 0 Å². The lowest BCUT2D eigenvalue weighted by Gasteiger charge is -2.12. The Morgan fingerprint density at radius 3 is 2.30 bits per heavy atom. The topological polar surface area (TPSA) is 106 Å². The first kappa shape index (κ1) is 15.5. The minimum absolute atomic E-state index is 0.00912. The molecule has 7 heteroatoms. The molecule has 0 amide bonds. The Bertz CT molecular complexity index is 561. The number of nitrogens with zero attached hydrogens (tertiary/aromatic N) is 1. The summed E-state index contributed by atoms with van der Waals surface area (Å²) in [4.78, 5) is 23.2. The maximum atomic E-state index is 11.6. The first-order valence-electron chi connectivity index (χ1n) is 5.57. The Kier molecular flexibility index (Phi) is 5.50. The van der Waals surface area contributed by atoms with Crippen molar-refractivity contribution in [1.82, 2.24) is 0 Å². The van der Waals surface area contributed by atoms with Crippen LogP contribution in [0.15, 0.2) is 12.1 Å². The van der Waals surface area contributed by atoms with Crippen LogP contribution in [0.4, 0.5) is 0 Å². The average Bonchev–Trinajstić information content (AvgIpc) is 2.50. The lowest BCUT2D eigenvalue weighted by molar-refractivity contribution is 0.0581.